The zero-order chi connectivity index (χ0) is 11.4. The maximum atomic E-state index is 11.7. The molecule has 0 aliphatic heterocycles. The quantitative estimate of drug-likeness (QED) is 0.825. The third-order valence-corrected chi connectivity index (χ3v) is 2.65. The lowest BCUT2D eigenvalue weighted by Crippen LogP contribution is -2.11. The normalized spacial score (nSPS) is 9.75. The van der Waals surface area contributed by atoms with Crippen molar-refractivity contribution in [1.82, 2.24) is 4.98 Å². The molecule has 4 nitrogen and oxygen atoms in total. The summed E-state index contributed by atoms with van der Waals surface area (Å²) in [6.07, 6.45) is 2.36. The highest BCUT2D eigenvalue weighted by molar-refractivity contribution is 7.13. The lowest BCUT2D eigenvalue weighted by molar-refractivity contribution is 0.102. The summed E-state index contributed by atoms with van der Waals surface area (Å²) < 4.78 is 0. The second-order valence-corrected chi connectivity index (χ2v) is 3.93. The lowest BCUT2D eigenvalue weighted by Gasteiger charge is -2.01. The predicted octanol–water partition coefficient (Wildman–Crippen LogP) is 2.21. The molecule has 1 aromatic heterocycles. The number of benzene rings is 1. The molecule has 0 bridgehead atoms. The van der Waals surface area contributed by atoms with Gasteiger partial charge in [-0.25, -0.2) is 4.98 Å². The molecular weight excluding hydrogens is 224 g/mol. The maximum absolute atomic E-state index is 11.7. The average Bonchev–Trinajstić information content (AvgIpc) is 2.82. The van der Waals surface area contributed by atoms with E-state index in [2.05, 4.69) is 10.3 Å². The number of aromatic nitrogens is 1. The molecule has 0 radical (unpaired) electrons. The number of anilines is 1. The number of amides is 1. The minimum atomic E-state index is -0.229. The van der Waals surface area contributed by atoms with Gasteiger partial charge in [-0.2, -0.15) is 0 Å². The Hall–Kier alpha value is -2.01. The summed E-state index contributed by atoms with van der Waals surface area (Å²) in [5.41, 5.74) is 1.05. The van der Waals surface area contributed by atoms with Gasteiger partial charge < -0.3 is 0 Å². The molecule has 0 spiro atoms. The van der Waals surface area contributed by atoms with Gasteiger partial charge in [0, 0.05) is 22.7 Å². The first kappa shape index (κ1) is 10.5. The molecule has 0 unspecified atom stereocenters. The summed E-state index contributed by atoms with van der Waals surface area (Å²) in [7, 11) is 0. The van der Waals surface area contributed by atoms with Crippen LogP contribution in [0.3, 0.4) is 0 Å². The molecule has 2 aromatic rings. The van der Waals surface area contributed by atoms with Crippen molar-refractivity contribution < 1.29 is 9.59 Å². The largest absolute Gasteiger partial charge is 0.298 e. The van der Waals surface area contributed by atoms with E-state index < -0.39 is 0 Å². The maximum Gasteiger partial charge on any atom is 0.257 e. The van der Waals surface area contributed by atoms with Crippen LogP contribution in [-0.2, 0) is 0 Å². The van der Waals surface area contributed by atoms with E-state index in [-0.39, 0.29) is 5.91 Å². The van der Waals surface area contributed by atoms with E-state index in [1.807, 2.05) is 0 Å². The number of aldehydes is 1. The molecule has 1 N–H and O–H groups in total. The highest BCUT2D eigenvalue weighted by atomic mass is 32.1. The zero-order valence-corrected chi connectivity index (χ0v) is 9.03. The fraction of sp³-hybridized carbons (Fsp3) is 0. The Kier molecular flexibility index (Phi) is 3.07. The van der Waals surface area contributed by atoms with E-state index in [1.54, 1.807) is 35.8 Å². The van der Waals surface area contributed by atoms with Crippen molar-refractivity contribution in [2.24, 2.45) is 0 Å². The van der Waals surface area contributed by atoms with Crippen molar-refractivity contribution >= 4 is 28.7 Å². The number of rotatable bonds is 3. The topological polar surface area (TPSA) is 59.1 Å². The number of nitrogens with one attached hydrogen (secondary N) is 1. The van der Waals surface area contributed by atoms with Crippen molar-refractivity contribution in [2.75, 3.05) is 5.32 Å². The molecule has 16 heavy (non-hydrogen) atoms. The SMILES string of the molecule is O=Cc1ccc(C(=O)Nc2nccs2)cc1. The number of thiazole rings is 1. The molecule has 0 saturated carbocycles. The molecule has 0 atom stereocenters. The Morgan fingerprint density at radius 1 is 1.31 bits per heavy atom. The number of hydrogen-bond donors (Lipinski definition) is 1. The number of nitrogens with zero attached hydrogens (tertiary/aromatic N) is 1. The Morgan fingerprint density at radius 3 is 2.62 bits per heavy atom. The summed E-state index contributed by atoms with van der Waals surface area (Å²) in [5.74, 6) is -0.229. The highest BCUT2D eigenvalue weighted by Gasteiger charge is 2.06. The van der Waals surface area contributed by atoms with Crippen LogP contribution >= 0.6 is 11.3 Å². The fourth-order valence-electron chi connectivity index (χ4n) is 1.17. The van der Waals surface area contributed by atoms with Crippen LogP contribution in [0.5, 0.6) is 0 Å². The zero-order valence-electron chi connectivity index (χ0n) is 8.21. The van der Waals surface area contributed by atoms with Gasteiger partial charge in [0.15, 0.2) is 5.13 Å². The Labute approximate surface area is 96.0 Å². The van der Waals surface area contributed by atoms with E-state index in [0.29, 0.717) is 16.3 Å². The lowest BCUT2D eigenvalue weighted by atomic mass is 10.1. The molecule has 1 amide bonds. The Balaban J connectivity index is 2.11. The van der Waals surface area contributed by atoms with Crippen LogP contribution in [0.25, 0.3) is 0 Å². The Morgan fingerprint density at radius 2 is 2.06 bits per heavy atom. The monoisotopic (exact) mass is 232 g/mol. The van der Waals surface area contributed by atoms with E-state index in [4.69, 9.17) is 0 Å². The van der Waals surface area contributed by atoms with Crippen molar-refractivity contribution in [3.05, 3.63) is 47.0 Å². The molecule has 5 heteroatoms. The van der Waals surface area contributed by atoms with Crippen molar-refractivity contribution in [3.8, 4) is 0 Å². The van der Waals surface area contributed by atoms with E-state index in [9.17, 15) is 9.59 Å². The van der Waals surface area contributed by atoms with Gasteiger partial charge >= 0.3 is 0 Å². The van der Waals surface area contributed by atoms with Crippen LogP contribution in [0.2, 0.25) is 0 Å². The van der Waals surface area contributed by atoms with Gasteiger partial charge in [0.05, 0.1) is 0 Å². The van der Waals surface area contributed by atoms with Crippen LogP contribution < -0.4 is 5.32 Å². The van der Waals surface area contributed by atoms with E-state index in [1.165, 1.54) is 11.3 Å². The van der Waals surface area contributed by atoms with Gasteiger partial charge in [-0.05, 0) is 12.1 Å². The molecule has 2 rings (SSSR count). The fourth-order valence-corrected chi connectivity index (χ4v) is 1.69. The third kappa shape index (κ3) is 2.32. The van der Waals surface area contributed by atoms with Crippen molar-refractivity contribution in [1.29, 1.82) is 0 Å². The van der Waals surface area contributed by atoms with Gasteiger partial charge in [0.2, 0.25) is 0 Å². The minimum absolute atomic E-state index is 0.229. The van der Waals surface area contributed by atoms with Crippen LogP contribution in [0.15, 0.2) is 35.8 Å². The molecule has 1 aromatic carbocycles. The van der Waals surface area contributed by atoms with Gasteiger partial charge in [-0.3, -0.25) is 14.9 Å². The number of carbonyl (C=O) groups excluding carboxylic acids is 2. The highest BCUT2D eigenvalue weighted by Crippen LogP contribution is 2.12. The molecule has 0 aliphatic rings. The third-order valence-electron chi connectivity index (χ3n) is 1.96. The molecular formula is C11H8N2O2S. The molecule has 0 aliphatic carbocycles. The van der Waals surface area contributed by atoms with Crippen LogP contribution in [0, 0.1) is 0 Å². The van der Waals surface area contributed by atoms with Gasteiger partial charge in [0.1, 0.15) is 6.29 Å². The van der Waals surface area contributed by atoms with Gasteiger partial charge in [0.25, 0.3) is 5.91 Å². The summed E-state index contributed by atoms with van der Waals surface area (Å²) in [5, 5.41) is 5.00. The number of hydrogen-bond acceptors (Lipinski definition) is 4. The van der Waals surface area contributed by atoms with Crippen LogP contribution in [0.1, 0.15) is 20.7 Å². The average molecular weight is 232 g/mol. The van der Waals surface area contributed by atoms with E-state index >= 15 is 0 Å². The van der Waals surface area contributed by atoms with Gasteiger partial charge in [-0.1, -0.05) is 12.1 Å². The second kappa shape index (κ2) is 4.67. The van der Waals surface area contributed by atoms with Crippen molar-refractivity contribution in [2.45, 2.75) is 0 Å². The first-order valence-electron chi connectivity index (χ1n) is 4.55. The standard InChI is InChI=1S/C11H8N2O2S/c14-7-8-1-3-9(4-2-8)10(15)13-11-12-5-6-16-11/h1-7H,(H,12,13,15). The molecule has 1 heterocycles. The summed E-state index contributed by atoms with van der Waals surface area (Å²) in [4.78, 5) is 26.1. The smallest absolute Gasteiger partial charge is 0.257 e. The summed E-state index contributed by atoms with van der Waals surface area (Å²) in [6.45, 7) is 0. The summed E-state index contributed by atoms with van der Waals surface area (Å²) >= 11 is 1.35. The number of carbonyl (C=O) groups is 2. The van der Waals surface area contributed by atoms with Gasteiger partial charge in [-0.15, -0.1) is 11.3 Å². The Bertz CT molecular complexity index is 491. The molecule has 80 valence electrons. The van der Waals surface area contributed by atoms with E-state index in [0.717, 1.165) is 6.29 Å². The minimum Gasteiger partial charge on any atom is -0.298 e. The van der Waals surface area contributed by atoms with Crippen LogP contribution in [0.4, 0.5) is 5.13 Å². The molecule has 0 fully saturated rings. The predicted molar refractivity (Wildman–Crippen MR) is 61.9 cm³/mol. The van der Waals surface area contributed by atoms with Crippen LogP contribution in [-0.4, -0.2) is 17.2 Å². The first-order chi connectivity index (χ1) is 7.79. The van der Waals surface area contributed by atoms with Crippen molar-refractivity contribution in [3.63, 3.8) is 0 Å². The second-order valence-electron chi connectivity index (χ2n) is 3.03. The molecule has 0 saturated heterocycles. The first-order valence-corrected chi connectivity index (χ1v) is 5.43. The summed E-state index contributed by atoms with van der Waals surface area (Å²) in [6, 6.07) is 6.41.